The highest BCUT2D eigenvalue weighted by Gasteiger charge is 2.29. The SMILES string of the molecule is CNC(=O)C(C)(C)CN[C@@H](C)[C@H]1CCOC1. The number of hydrogen-bond donors (Lipinski definition) is 2. The summed E-state index contributed by atoms with van der Waals surface area (Å²) in [6.07, 6.45) is 1.12. The van der Waals surface area contributed by atoms with Crippen LogP contribution in [0.2, 0.25) is 0 Å². The number of amides is 1. The summed E-state index contributed by atoms with van der Waals surface area (Å²) >= 11 is 0. The highest BCUT2D eigenvalue weighted by molar-refractivity contribution is 5.81. The Morgan fingerprint density at radius 3 is 2.75 bits per heavy atom. The average Bonchev–Trinajstić information content (AvgIpc) is 2.78. The second-order valence-electron chi connectivity index (χ2n) is 5.26. The molecule has 1 rings (SSSR count). The summed E-state index contributed by atoms with van der Waals surface area (Å²) in [7, 11) is 1.68. The number of rotatable bonds is 5. The summed E-state index contributed by atoms with van der Waals surface area (Å²) in [6, 6.07) is 0.409. The van der Waals surface area contributed by atoms with Crippen molar-refractivity contribution >= 4 is 5.91 Å². The fourth-order valence-electron chi connectivity index (χ4n) is 1.95. The van der Waals surface area contributed by atoms with E-state index in [9.17, 15) is 4.79 Å². The van der Waals surface area contributed by atoms with Gasteiger partial charge < -0.3 is 15.4 Å². The molecular weight excluding hydrogens is 204 g/mol. The molecule has 0 aromatic rings. The molecular formula is C12H24N2O2. The van der Waals surface area contributed by atoms with Gasteiger partial charge in [-0.2, -0.15) is 0 Å². The molecule has 0 spiro atoms. The Hall–Kier alpha value is -0.610. The highest BCUT2D eigenvalue weighted by Crippen LogP contribution is 2.18. The van der Waals surface area contributed by atoms with Crippen LogP contribution in [0.3, 0.4) is 0 Å². The van der Waals surface area contributed by atoms with E-state index in [4.69, 9.17) is 4.74 Å². The van der Waals surface area contributed by atoms with E-state index in [2.05, 4.69) is 17.6 Å². The smallest absolute Gasteiger partial charge is 0.226 e. The largest absolute Gasteiger partial charge is 0.381 e. The van der Waals surface area contributed by atoms with Crippen molar-refractivity contribution in [3.8, 4) is 0 Å². The molecule has 0 radical (unpaired) electrons. The maximum atomic E-state index is 11.6. The lowest BCUT2D eigenvalue weighted by Gasteiger charge is -2.27. The first kappa shape index (κ1) is 13.5. The van der Waals surface area contributed by atoms with Gasteiger partial charge in [0, 0.05) is 26.2 Å². The normalized spacial score (nSPS) is 23.1. The first-order chi connectivity index (χ1) is 7.47. The summed E-state index contributed by atoms with van der Waals surface area (Å²) in [6.45, 7) is 8.49. The van der Waals surface area contributed by atoms with Crippen LogP contribution < -0.4 is 10.6 Å². The molecule has 2 N–H and O–H groups in total. The first-order valence-corrected chi connectivity index (χ1v) is 6.00. The molecule has 0 unspecified atom stereocenters. The molecule has 0 aromatic carbocycles. The van der Waals surface area contributed by atoms with Crippen LogP contribution in [-0.4, -0.2) is 38.8 Å². The molecule has 1 saturated heterocycles. The van der Waals surface area contributed by atoms with E-state index in [1.165, 1.54) is 0 Å². The number of hydrogen-bond acceptors (Lipinski definition) is 3. The van der Waals surface area contributed by atoms with Crippen molar-refractivity contribution in [2.24, 2.45) is 11.3 Å². The van der Waals surface area contributed by atoms with Crippen LogP contribution in [0.5, 0.6) is 0 Å². The van der Waals surface area contributed by atoms with Crippen LogP contribution in [0.15, 0.2) is 0 Å². The second-order valence-corrected chi connectivity index (χ2v) is 5.26. The first-order valence-electron chi connectivity index (χ1n) is 6.00. The average molecular weight is 228 g/mol. The maximum absolute atomic E-state index is 11.6. The van der Waals surface area contributed by atoms with Gasteiger partial charge in [-0.05, 0) is 33.1 Å². The van der Waals surface area contributed by atoms with Gasteiger partial charge in [-0.1, -0.05) is 0 Å². The molecule has 16 heavy (non-hydrogen) atoms. The Bertz CT molecular complexity index is 235. The molecule has 94 valence electrons. The second kappa shape index (κ2) is 5.64. The minimum atomic E-state index is -0.359. The van der Waals surface area contributed by atoms with Gasteiger partial charge >= 0.3 is 0 Å². The number of nitrogens with one attached hydrogen (secondary N) is 2. The molecule has 0 bridgehead atoms. The molecule has 1 aliphatic rings. The van der Waals surface area contributed by atoms with Crippen LogP contribution in [0, 0.1) is 11.3 Å². The van der Waals surface area contributed by atoms with Crippen molar-refractivity contribution in [1.82, 2.24) is 10.6 Å². The molecule has 1 aliphatic heterocycles. The summed E-state index contributed by atoms with van der Waals surface area (Å²) in [4.78, 5) is 11.6. The van der Waals surface area contributed by atoms with Crippen LogP contribution in [-0.2, 0) is 9.53 Å². The van der Waals surface area contributed by atoms with E-state index >= 15 is 0 Å². The van der Waals surface area contributed by atoms with Crippen molar-refractivity contribution < 1.29 is 9.53 Å². The van der Waals surface area contributed by atoms with Gasteiger partial charge in [-0.3, -0.25) is 4.79 Å². The Morgan fingerprint density at radius 1 is 1.56 bits per heavy atom. The van der Waals surface area contributed by atoms with Gasteiger partial charge in [0.25, 0.3) is 0 Å². The standard InChI is InChI=1S/C12H24N2O2/c1-9(10-5-6-16-7-10)14-8-12(2,3)11(15)13-4/h9-10,14H,5-8H2,1-4H3,(H,13,15)/t9-,10-/m0/s1. The van der Waals surface area contributed by atoms with Gasteiger partial charge in [0.2, 0.25) is 5.91 Å². The zero-order chi connectivity index (χ0) is 12.2. The summed E-state index contributed by atoms with van der Waals surface area (Å²) in [5.74, 6) is 0.662. The molecule has 4 nitrogen and oxygen atoms in total. The fraction of sp³-hybridized carbons (Fsp3) is 0.917. The molecule has 0 aromatic heterocycles. The molecule has 0 saturated carbocycles. The zero-order valence-corrected chi connectivity index (χ0v) is 10.8. The minimum Gasteiger partial charge on any atom is -0.381 e. The lowest BCUT2D eigenvalue weighted by atomic mass is 9.91. The lowest BCUT2D eigenvalue weighted by Crippen LogP contribution is -2.46. The maximum Gasteiger partial charge on any atom is 0.226 e. The van der Waals surface area contributed by atoms with E-state index in [0.717, 1.165) is 19.6 Å². The Labute approximate surface area is 98.1 Å². The monoisotopic (exact) mass is 228 g/mol. The predicted octanol–water partition coefficient (Wildman–Crippen LogP) is 0.773. The topological polar surface area (TPSA) is 50.4 Å². The highest BCUT2D eigenvalue weighted by atomic mass is 16.5. The van der Waals surface area contributed by atoms with Gasteiger partial charge in [0.05, 0.1) is 12.0 Å². The number of ether oxygens (including phenoxy) is 1. The quantitative estimate of drug-likeness (QED) is 0.731. The predicted molar refractivity (Wildman–Crippen MR) is 64.2 cm³/mol. The van der Waals surface area contributed by atoms with Crippen LogP contribution in [0.25, 0.3) is 0 Å². The summed E-state index contributed by atoms with van der Waals surface area (Å²) in [5, 5.41) is 6.13. The Morgan fingerprint density at radius 2 is 2.25 bits per heavy atom. The van der Waals surface area contributed by atoms with Crippen molar-refractivity contribution in [3.05, 3.63) is 0 Å². The molecule has 0 aliphatic carbocycles. The number of carbonyl (C=O) groups is 1. The van der Waals surface area contributed by atoms with Gasteiger partial charge in [-0.25, -0.2) is 0 Å². The van der Waals surface area contributed by atoms with E-state index in [1.807, 2.05) is 13.8 Å². The Kier molecular flexibility index (Phi) is 4.74. The van der Waals surface area contributed by atoms with Crippen LogP contribution in [0.4, 0.5) is 0 Å². The molecule has 2 atom stereocenters. The van der Waals surface area contributed by atoms with Gasteiger partial charge in [0.15, 0.2) is 0 Å². The van der Waals surface area contributed by atoms with Crippen LogP contribution >= 0.6 is 0 Å². The van der Waals surface area contributed by atoms with Gasteiger partial charge in [-0.15, -0.1) is 0 Å². The van der Waals surface area contributed by atoms with Crippen molar-refractivity contribution in [3.63, 3.8) is 0 Å². The number of carbonyl (C=O) groups excluding carboxylic acids is 1. The van der Waals surface area contributed by atoms with Crippen LogP contribution in [0.1, 0.15) is 27.2 Å². The molecule has 1 heterocycles. The van der Waals surface area contributed by atoms with Crippen molar-refractivity contribution in [2.75, 3.05) is 26.8 Å². The van der Waals surface area contributed by atoms with E-state index in [-0.39, 0.29) is 11.3 Å². The minimum absolute atomic E-state index is 0.0786. The van der Waals surface area contributed by atoms with Crippen molar-refractivity contribution in [2.45, 2.75) is 33.2 Å². The van der Waals surface area contributed by atoms with E-state index in [0.29, 0.717) is 18.5 Å². The van der Waals surface area contributed by atoms with E-state index < -0.39 is 0 Å². The summed E-state index contributed by atoms with van der Waals surface area (Å²) in [5.41, 5.74) is -0.359. The zero-order valence-electron chi connectivity index (χ0n) is 10.8. The third-order valence-corrected chi connectivity index (χ3v) is 3.38. The van der Waals surface area contributed by atoms with E-state index in [1.54, 1.807) is 7.05 Å². The van der Waals surface area contributed by atoms with Gasteiger partial charge in [0.1, 0.15) is 0 Å². The third-order valence-electron chi connectivity index (χ3n) is 3.38. The Balaban J connectivity index is 2.35. The lowest BCUT2D eigenvalue weighted by molar-refractivity contribution is -0.128. The molecule has 4 heteroatoms. The fourth-order valence-corrected chi connectivity index (χ4v) is 1.95. The third kappa shape index (κ3) is 3.46. The molecule has 1 amide bonds. The van der Waals surface area contributed by atoms with Crippen molar-refractivity contribution in [1.29, 1.82) is 0 Å². The summed E-state index contributed by atoms with van der Waals surface area (Å²) < 4.78 is 5.36. The molecule has 1 fully saturated rings.